The Kier molecular flexibility index (Phi) is 5.32. The molecule has 1 aromatic carbocycles. The first-order valence-corrected chi connectivity index (χ1v) is 9.61. The average Bonchev–Trinajstić information content (AvgIpc) is 3.07. The van der Waals surface area contributed by atoms with Crippen molar-refractivity contribution in [2.45, 2.75) is 20.4 Å². The number of hydrogen-bond acceptors (Lipinski definition) is 8. The van der Waals surface area contributed by atoms with Gasteiger partial charge in [-0.05, 0) is 31.5 Å². The second-order valence-electron chi connectivity index (χ2n) is 7.25. The van der Waals surface area contributed by atoms with Crippen molar-refractivity contribution in [1.82, 2.24) is 24.6 Å². The van der Waals surface area contributed by atoms with E-state index in [4.69, 9.17) is 21.3 Å². The van der Waals surface area contributed by atoms with Crippen molar-refractivity contribution in [3.63, 3.8) is 0 Å². The van der Waals surface area contributed by atoms with Gasteiger partial charge in [-0.3, -0.25) is 4.90 Å². The van der Waals surface area contributed by atoms with Crippen LogP contribution in [0.25, 0.3) is 5.82 Å². The molecule has 4 rings (SSSR count). The summed E-state index contributed by atoms with van der Waals surface area (Å²) in [5.41, 5.74) is 16.3. The maximum Gasteiger partial charge on any atom is 0.222 e. The number of nitrogens with two attached hydrogens (primary N) is 2. The van der Waals surface area contributed by atoms with Crippen LogP contribution in [0.4, 0.5) is 23.1 Å². The molecule has 0 radical (unpaired) electrons. The van der Waals surface area contributed by atoms with Gasteiger partial charge in [-0.2, -0.15) is 14.8 Å². The second kappa shape index (κ2) is 8.06. The Bertz CT molecular complexity index is 989. The summed E-state index contributed by atoms with van der Waals surface area (Å²) in [7, 11) is 0. The summed E-state index contributed by atoms with van der Waals surface area (Å²) in [6, 6.07) is 9.68. The lowest BCUT2D eigenvalue weighted by atomic mass is 10.2. The van der Waals surface area contributed by atoms with Crippen molar-refractivity contribution in [2.24, 2.45) is 0 Å². The standard InChI is InChI=1S/C20H26N8O/c1-13-3-4-15(21)10-17(13)24-19-11-16(12-27-5-7-29-8-6-27)26-28(19)18-9-14(2)23-20(22)25-18/h3-4,9-11,24H,5-8,12,21H2,1-2H3,(H2,22,23,25). The van der Waals surface area contributed by atoms with Crippen LogP contribution in [-0.2, 0) is 11.3 Å². The number of aromatic nitrogens is 4. The molecule has 9 nitrogen and oxygen atoms in total. The van der Waals surface area contributed by atoms with Gasteiger partial charge in [0.15, 0.2) is 5.82 Å². The summed E-state index contributed by atoms with van der Waals surface area (Å²) < 4.78 is 7.21. The van der Waals surface area contributed by atoms with Crippen molar-refractivity contribution in [3.05, 3.63) is 47.3 Å². The fourth-order valence-electron chi connectivity index (χ4n) is 3.35. The molecule has 0 atom stereocenters. The van der Waals surface area contributed by atoms with Gasteiger partial charge in [0, 0.05) is 48.8 Å². The van der Waals surface area contributed by atoms with E-state index in [0.717, 1.165) is 61.3 Å². The van der Waals surface area contributed by atoms with E-state index in [2.05, 4.69) is 20.2 Å². The lowest BCUT2D eigenvalue weighted by molar-refractivity contribution is 0.0336. The molecular weight excluding hydrogens is 368 g/mol. The molecule has 1 fully saturated rings. The number of benzene rings is 1. The molecule has 0 saturated carbocycles. The number of anilines is 4. The largest absolute Gasteiger partial charge is 0.399 e. The highest BCUT2D eigenvalue weighted by Crippen LogP contribution is 2.26. The van der Waals surface area contributed by atoms with Crippen molar-refractivity contribution in [3.8, 4) is 5.82 Å². The zero-order valence-electron chi connectivity index (χ0n) is 16.7. The lowest BCUT2D eigenvalue weighted by Crippen LogP contribution is -2.35. The molecule has 0 aliphatic carbocycles. The summed E-state index contributed by atoms with van der Waals surface area (Å²) in [6.07, 6.45) is 0. The van der Waals surface area contributed by atoms with Crippen molar-refractivity contribution >= 4 is 23.1 Å². The van der Waals surface area contributed by atoms with Crippen LogP contribution in [0.2, 0.25) is 0 Å². The van der Waals surface area contributed by atoms with Gasteiger partial charge in [-0.1, -0.05) is 6.07 Å². The maximum atomic E-state index is 5.98. The second-order valence-corrected chi connectivity index (χ2v) is 7.25. The Labute approximate surface area is 169 Å². The summed E-state index contributed by atoms with van der Waals surface area (Å²) in [5.74, 6) is 1.63. The summed E-state index contributed by atoms with van der Waals surface area (Å²) in [5, 5.41) is 8.25. The van der Waals surface area contributed by atoms with Gasteiger partial charge in [0.05, 0.1) is 18.9 Å². The smallest absolute Gasteiger partial charge is 0.222 e. The molecule has 152 valence electrons. The molecule has 29 heavy (non-hydrogen) atoms. The molecule has 2 aromatic heterocycles. The van der Waals surface area contributed by atoms with Gasteiger partial charge < -0.3 is 21.5 Å². The number of aryl methyl sites for hydroxylation is 2. The first-order valence-electron chi connectivity index (χ1n) is 9.61. The minimum absolute atomic E-state index is 0.219. The first kappa shape index (κ1) is 19.2. The van der Waals surface area contributed by atoms with Crippen LogP contribution in [-0.4, -0.2) is 51.0 Å². The van der Waals surface area contributed by atoms with Crippen LogP contribution in [0.1, 0.15) is 17.0 Å². The zero-order valence-corrected chi connectivity index (χ0v) is 16.7. The van der Waals surface area contributed by atoms with E-state index >= 15 is 0 Å². The van der Waals surface area contributed by atoms with Crippen LogP contribution in [0.5, 0.6) is 0 Å². The molecule has 0 unspecified atom stereocenters. The molecular formula is C20H26N8O. The van der Waals surface area contributed by atoms with Crippen LogP contribution in [0, 0.1) is 13.8 Å². The molecule has 0 spiro atoms. The third kappa shape index (κ3) is 4.47. The number of ether oxygens (including phenoxy) is 1. The SMILES string of the molecule is Cc1cc(-n2nc(CN3CCOCC3)cc2Nc2cc(N)ccc2C)nc(N)n1. The van der Waals surface area contributed by atoms with Gasteiger partial charge >= 0.3 is 0 Å². The minimum atomic E-state index is 0.219. The number of nitrogen functional groups attached to an aromatic ring is 2. The van der Waals surface area contributed by atoms with E-state index in [1.807, 2.05) is 44.2 Å². The molecule has 3 heterocycles. The van der Waals surface area contributed by atoms with E-state index < -0.39 is 0 Å². The van der Waals surface area contributed by atoms with Crippen molar-refractivity contribution in [1.29, 1.82) is 0 Å². The van der Waals surface area contributed by atoms with Gasteiger partial charge in [0.1, 0.15) is 5.82 Å². The van der Waals surface area contributed by atoms with E-state index in [1.165, 1.54) is 0 Å². The van der Waals surface area contributed by atoms with Crippen LogP contribution in [0.15, 0.2) is 30.3 Å². The monoisotopic (exact) mass is 394 g/mol. The predicted molar refractivity (Wildman–Crippen MR) is 113 cm³/mol. The van der Waals surface area contributed by atoms with Crippen molar-refractivity contribution in [2.75, 3.05) is 43.1 Å². The summed E-state index contributed by atoms with van der Waals surface area (Å²) in [6.45, 7) is 7.93. The van der Waals surface area contributed by atoms with Gasteiger partial charge in [0.2, 0.25) is 5.95 Å². The van der Waals surface area contributed by atoms with E-state index in [9.17, 15) is 0 Å². The molecule has 0 amide bonds. The lowest BCUT2D eigenvalue weighted by Gasteiger charge is -2.25. The number of nitrogens with one attached hydrogen (secondary N) is 1. The molecule has 3 aromatic rings. The van der Waals surface area contributed by atoms with E-state index in [-0.39, 0.29) is 5.95 Å². The van der Waals surface area contributed by atoms with E-state index in [0.29, 0.717) is 11.5 Å². The van der Waals surface area contributed by atoms with Crippen LogP contribution >= 0.6 is 0 Å². The predicted octanol–water partition coefficient (Wildman–Crippen LogP) is 2.02. The Morgan fingerprint density at radius 2 is 1.86 bits per heavy atom. The zero-order chi connectivity index (χ0) is 20.4. The highest BCUT2D eigenvalue weighted by atomic mass is 16.5. The van der Waals surface area contributed by atoms with Gasteiger partial charge in [-0.25, -0.2) is 4.98 Å². The fraction of sp³-hybridized carbons (Fsp3) is 0.350. The van der Waals surface area contributed by atoms with Crippen LogP contribution < -0.4 is 16.8 Å². The topological polar surface area (TPSA) is 120 Å². The quantitative estimate of drug-likeness (QED) is 0.562. The third-order valence-corrected chi connectivity index (χ3v) is 4.85. The molecule has 9 heteroatoms. The average molecular weight is 394 g/mol. The first-order chi connectivity index (χ1) is 14.0. The number of hydrogen-bond donors (Lipinski definition) is 3. The minimum Gasteiger partial charge on any atom is -0.399 e. The number of morpholine rings is 1. The molecule has 0 bridgehead atoms. The normalized spacial score (nSPS) is 14.8. The van der Waals surface area contributed by atoms with Gasteiger partial charge in [0.25, 0.3) is 0 Å². The Balaban J connectivity index is 1.71. The maximum absolute atomic E-state index is 5.98. The fourth-order valence-corrected chi connectivity index (χ4v) is 3.35. The molecule has 1 aliphatic heterocycles. The summed E-state index contributed by atoms with van der Waals surface area (Å²) in [4.78, 5) is 10.9. The highest BCUT2D eigenvalue weighted by Gasteiger charge is 2.17. The molecule has 1 aliphatic rings. The third-order valence-electron chi connectivity index (χ3n) is 4.85. The Hall–Kier alpha value is -3.17. The highest BCUT2D eigenvalue weighted by molar-refractivity contribution is 5.66. The Morgan fingerprint density at radius 1 is 1.07 bits per heavy atom. The molecule has 1 saturated heterocycles. The number of rotatable bonds is 5. The van der Waals surface area contributed by atoms with Crippen LogP contribution in [0.3, 0.4) is 0 Å². The Morgan fingerprint density at radius 3 is 2.62 bits per heavy atom. The number of nitrogens with zero attached hydrogens (tertiary/aromatic N) is 5. The summed E-state index contributed by atoms with van der Waals surface area (Å²) >= 11 is 0. The van der Waals surface area contributed by atoms with Gasteiger partial charge in [-0.15, -0.1) is 0 Å². The molecule has 5 N–H and O–H groups in total. The van der Waals surface area contributed by atoms with Crippen molar-refractivity contribution < 1.29 is 4.74 Å². The van der Waals surface area contributed by atoms with E-state index in [1.54, 1.807) is 4.68 Å².